The van der Waals surface area contributed by atoms with E-state index in [1.807, 2.05) is 24.3 Å². The minimum atomic E-state index is -0.469. The Balaban J connectivity index is 1.11. The summed E-state index contributed by atoms with van der Waals surface area (Å²) >= 11 is 0. The third-order valence-corrected chi connectivity index (χ3v) is 7.35. The number of nitriles is 1. The molecule has 32 heavy (non-hydrogen) atoms. The van der Waals surface area contributed by atoms with Crippen LogP contribution in [0.4, 0.5) is 4.39 Å². The highest BCUT2D eigenvalue weighted by Crippen LogP contribution is 2.40. The Bertz CT molecular complexity index is 1050. The van der Waals surface area contributed by atoms with E-state index >= 15 is 0 Å². The maximum absolute atomic E-state index is 13.3. The van der Waals surface area contributed by atoms with Gasteiger partial charge in [0.25, 0.3) is 0 Å². The van der Waals surface area contributed by atoms with E-state index in [1.54, 1.807) is 12.1 Å². The van der Waals surface area contributed by atoms with Crippen molar-refractivity contribution in [2.75, 3.05) is 13.1 Å². The van der Waals surface area contributed by atoms with Crippen LogP contribution in [0.25, 0.3) is 11.1 Å². The Morgan fingerprint density at radius 1 is 1.06 bits per heavy atom. The zero-order valence-corrected chi connectivity index (χ0v) is 18.3. The Morgan fingerprint density at radius 3 is 2.47 bits per heavy atom. The number of halogens is 1. The van der Waals surface area contributed by atoms with Crippen LogP contribution in [0.15, 0.2) is 52.9 Å². The summed E-state index contributed by atoms with van der Waals surface area (Å²) in [5, 5.41) is 13.5. The second-order valence-corrected chi connectivity index (χ2v) is 9.20. The molecule has 1 saturated carbocycles. The van der Waals surface area contributed by atoms with E-state index in [1.165, 1.54) is 12.1 Å². The second-order valence-electron chi connectivity index (χ2n) is 9.20. The molecule has 1 N–H and O–H groups in total. The normalized spacial score (nSPS) is 25.1. The molecule has 0 amide bonds. The van der Waals surface area contributed by atoms with Crippen molar-refractivity contribution in [3.8, 4) is 6.07 Å². The van der Waals surface area contributed by atoms with Gasteiger partial charge < -0.3 is 14.6 Å². The van der Waals surface area contributed by atoms with Gasteiger partial charge in [0.15, 0.2) is 5.58 Å². The van der Waals surface area contributed by atoms with Gasteiger partial charge in [0.1, 0.15) is 11.3 Å². The standard InChI is InChI=1S/C26H29FN4O/c27-20-7-5-19(6-8-20)26(18-28)13-9-22(10-14-26)31-15-11-21(12-16-31)29-17-25-30-23-3-1-2-4-24(23)32-25/h1-8,21-22,29H,9-17H2. The quantitative estimate of drug-likeness (QED) is 0.620. The van der Waals surface area contributed by atoms with Crippen LogP contribution in [-0.2, 0) is 12.0 Å². The van der Waals surface area contributed by atoms with Gasteiger partial charge in [-0.15, -0.1) is 0 Å². The predicted octanol–water partition coefficient (Wildman–Crippen LogP) is 4.93. The Hall–Kier alpha value is -2.75. The van der Waals surface area contributed by atoms with E-state index in [0.717, 1.165) is 74.2 Å². The van der Waals surface area contributed by atoms with Crippen LogP contribution in [0, 0.1) is 17.1 Å². The molecule has 5 rings (SSSR count). The first-order valence-corrected chi connectivity index (χ1v) is 11.6. The molecule has 0 atom stereocenters. The second kappa shape index (κ2) is 9.01. The molecule has 2 fully saturated rings. The Labute approximate surface area is 188 Å². The third kappa shape index (κ3) is 4.28. The molecule has 1 aliphatic heterocycles. The summed E-state index contributed by atoms with van der Waals surface area (Å²) in [5.74, 6) is 0.498. The van der Waals surface area contributed by atoms with Crippen molar-refractivity contribution in [1.29, 1.82) is 5.26 Å². The molecule has 5 nitrogen and oxygen atoms in total. The van der Waals surface area contributed by atoms with Crippen molar-refractivity contribution in [3.05, 3.63) is 65.8 Å². The molecule has 0 spiro atoms. The fourth-order valence-corrected chi connectivity index (χ4v) is 5.39. The lowest BCUT2D eigenvalue weighted by Crippen LogP contribution is -2.48. The molecule has 0 bridgehead atoms. The molecule has 166 valence electrons. The molecule has 0 radical (unpaired) electrons. The number of nitrogens with one attached hydrogen (secondary N) is 1. The van der Waals surface area contributed by atoms with Crippen LogP contribution in [0.5, 0.6) is 0 Å². The van der Waals surface area contributed by atoms with Crippen LogP contribution in [0.2, 0.25) is 0 Å². The lowest BCUT2D eigenvalue weighted by atomic mass is 9.69. The first kappa shape index (κ1) is 21.1. The van der Waals surface area contributed by atoms with Gasteiger partial charge in [-0.1, -0.05) is 24.3 Å². The molecule has 1 aromatic heterocycles. The van der Waals surface area contributed by atoms with Crippen molar-refractivity contribution >= 4 is 11.1 Å². The van der Waals surface area contributed by atoms with Crippen molar-refractivity contribution in [2.24, 2.45) is 0 Å². The van der Waals surface area contributed by atoms with Crippen molar-refractivity contribution in [1.82, 2.24) is 15.2 Å². The molecule has 1 saturated heterocycles. The maximum Gasteiger partial charge on any atom is 0.209 e. The predicted molar refractivity (Wildman–Crippen MR) is 121 cm³/mol. The van der Waals surface area contributed by atoms with E-state index < -0.39 is 5.41 Å². The van der Waals surface area contributed by atoms with Crippen molar-refractivity contribution < 1.29 is 8.81 Å². The number of piperidine rings is 1. The van der Waals surface area contributed by atoms with Gasteiger partial charge in [-0.3, -0.25) is 0 Å². The number of fused-ring (bicyclic) bond motifs is 1. The van der Waals surface area contributed by atoms with Gasteiger partial charge in [0.2, 0.25) is 5.89 Å². The fraction of sp³-hybridized carbons (Fsp3) is 0.462. The van der Waals surface area contributed by atoms with E-state index in [2.05, 4.69) is 21.3 Å². The Kier molecular flexibility index (Phi) is 5.95. The van der Waals surface area contributed by atoms with Crippen molar-refractivity contribution in [2.45, 2.75) is 62.6 Å². The van der Waals surface area contributed by atoms with Gasteiger partial charge in [-0.2, -0.15) is 5.26 Å². The van der Waals surface area contributed by atoms with Crippen LogP contribution < -0.4 is 5.32 Å². The number of para-hydroxylation sites is 2. The summed E-state index contributed by atoms with van der Waals surface area (Å²) in [6.07, 6.45) is 5.94. The smallest absolute Gasteiger partial charge is 0.209 e. The van der Waals surface area contributed by atoms with Crippen LogP contribution in [0.3, 0.4) is 0 Å². The van der Waals surface area contributed by atoms with Gasteiger partial charge in [0.05, 0.1) is 18.0 Å². The first-order chi connectivity index (χ1) is 15.6. The van der Waals surface area contributed by atoms with E-state index in [9.17, 15) is 9.65 Å². The monoisotopic (exact) mass is 432 g/mol. The summed E-state index contributed by atoms with van der Waals surface area (Å²) in [7, 11) is 0. The molecular formula is C26H29FN4O. The van der Waals surface area contributed by atoms with Crippen LogP contribution >= 0.6 is 0 Å². The minimum absolute atomic E-state index is 0.247. The summed E-state index contributed by atoms with van der Waals surface area (Å²) in [5.41, 5.74) is 2.24. The van der Waals surface area contributed by atoms with Crippen LogP contribution in [0.1, 0.15) is 50.0 Å². The maximum atomic E-state index is 13.3. The molecule has 2 heterocycles. The average molecular weight is 433 g/mol. The number of rotatable bonds is 5. The minimum Gasteiger partial charge on any atom is -0.439 e. The number of hydrogen-bond donors (Lipinski definition) is 1. The lowest BCUT2D eigenvalue weighted by molar-refractivity contribution is 0.102. The number of aromatic nitrogens is 1. The average Bonchev–Trinajstić information content (AvgIpc) is 3.27. The lowest BCUT2D eigenvalue weighted by Gasteiger charge is -2.43. The number of benzene rings is 2. The molecule has 2 aromatic carbocycles. The van der Waals surface area contributed by atoms with Gasteiger partial charge in [0, 0.05) is 12.1 Å². The van der Waals surface area contributed by atoms with Gasteiger partial charge in [-0.05, 0) is 81.4 Å². The third-order valence-electron chi connectivity index (χ3n) is 7.35. The summed E-state index contributed by atoms with van der Waals surface area (Å²) in [6.45, 7) is 2.81. The summed E-state index contributed by atoms with van der Waals surface area (Å²) in [4.78, 5) is 7.15. The summed E-state index contributed by atoms with van der Waals surface area (Å²) < 4.78 is 19.1. The molecule has 1 aliphatic carbocycles. The van der Waals surface area contributed by atoms with Gasteiger partial charge >= 0.3 is 0 Å². The summed E-state index contributed by atoms with van der Waals surface area (Å²) in [6, 6.07) is 17.9. The number of nitrogens with zero attached hydrogens (tertiary/aromatic N) is 3. The SMILES string of the molecule is N#CC1(c2ccc(F)cc2)CCC(N2CCC(NCc3nc4ccccc4o3)CC2)CC1. The molecule has 0 unspecified atom stereocenters. The molecule has 3 aromatic rings. The zero-order valence-electron chi connectivity index (χ0n) is 18.3. The number of likely N-dealkylation sites (tertiary alicyclic amines) is 1. The highest BCUT2D eigenvalue weighted by atomic mass is 19.1. The molecule has 2 aliphatic rings. The van der Waals surface area contributed by atoms with Gasteiger partial charge in [-0.25, -0.2) is 9.37 Å². The zero-order chi connectivity index (χ0) is 22.0. The van der Waals surface area contributed by atoms with Crippen LogP contribution in [-0.4, -0.2) is 35.1 Å². The largest absolute Gasteiger partial charge is 0.439 e. The highest BCUT2D eigenvalue weighted by Gasteiger charge is 2.39. The number of hydrogen-bond acceptors (Lipinski definition) is 5. The molecular weight excluding hydrogens is 403 g/mol. The van der Waals surface area contributed by atoms with E-state index in [-0.39, 0.29) is 5.82 Å². The fourth-order valence-electron chi connectivity index (χ4n) is 5.39. The molecule has 6 heteroatoms. The highest BCUT2D eigenvalue weighted by molar-refractivity contribution is 5.72. The topological polar surface area (TPSA) is 65.1 Å². The first-order valence-electron chi connectivity index (χ1n) is 11.6. The van der Waals surface area contributed by atoms with Crippen molar-refractivity contribution in [3.63, 3.8) is 0 Å². The van der Waals surface area contributed by atoms with E-state index in [0.29, 0.717) is 18.6 Å². The number of oxazole rings is 1. The van der Waals surface area contributed by atoms with E-state index in [4.69, 9.17) is 4.42 Å². The Morgan fingerprint density at radius 2 is 1.78 bits per heavy atom.